The third-order valence-corrected chi connectivity index (χ3v) is 2.84. The first-order valence-corrected chi connectivity index (χ1v) is 6.08. The molecule has 2 heterocycles. The molecule has 100 valence electrons. The third-order valence-electron chi connectivity index (χ3n) is 2.84. The molecule has 0 saturated heterocycles. The lowest BCUT2D eigenvalue weighted by Crippen LogP contribution is -2.18. The van der Waals surface area contributed by atoms with Crippen LogP contribution < -0.4 is 5.32 Å². The van der Waals surface area contributed by atoms with E-state index >= 15 is 0 Å². The van der Waals surface area contributed by atoms with E-state index in [2.05, 4.69) is 25.6 Å². The molecule has 1 N–H and O–H groups in total. The van der Waals surface area contributed by atoms with E-state index in [1.165, 1.54) is 4.52 Å². The number of carbonyl (C=O) groups excluding carboxylic acids is 1. The van der Waals surface area contributed by atoms with Crippen LogP contribution in [-0.2, 0) is 0 Å². The third kappa shape index (κ3) is 2.09. The smallest absolute Gasteiger partial charge is 0.278 e. The SMILES string of the molecule is Cc1nc2nnc(C(=O)Nc3ccccc3)c(C)n2n1. The Balaban J connectivity index is 1.97. The average Bonchev–Trinajstić information content (AvgIpc) is 2.82. The number of para-hydroxylation sites is 1. The van der Waals surface area contributed by atoms with Gasteiger partial charge in [-0.3, -0.25) is 4.79 Å². The van der Waals surface area contributed by atoms with E-state index < -0.39 is 0 Å². The highest BCUT2D eigenvalue weighted by molar-refractivity contribution is 6.03. The first-order chi connectivity index (χ1) is 9.65. The number of carbonyl (C=O) groups is 1. The second-order valence-electron chi connectivity index (χ2n) is 4.32. The monoisotopic (exact) mass is 268 g/mol. The van der Waals surface area contributed by atoms with Crippen molar-refractivity contribution in [3.8, 4) is 0 Å². The summed E-state index contributed by atoms with van der Waals surface area (Å²) in [5.41, 5.74) is 1.53. The Kier molecular flexibility index (Phi) is 2.86. The van der Waals surface area contributed by atoms with Crippen LogP contribution in [0.15, 0.2) is 30.3 Å². The maximum absolute atomic E-state index is 12.2. The number of aryl methyl sites for hydroxylation is 2. The number of nitrogens with one attached hydrogen (secondary N) is 1. The van der Waals surface area contributed by atoms with Gasteiger partial charge in [0.2, 0.25) is 0 Å². The first kappa shape index (κ1) is 12.2. The van der Waals surface area contributed by atoms with Crippen molar-refractivity contribution in [3.63, 3.8) is 0 Å². The Morgan fingerprint density at radius 1 is 1.15 bits per heavy atom. The molecule has 1 amide bonds. The molecule has 7 heteroatoms. The highest BCUT2D eigenvalue weighted by Crippen LogP contribution is 2.10. The van der Waals surface area contributed by atoms with Crippen molar-refractivity contribution in [1.29, 1.82) is 0 Å². The van der Waals surface area contributed by atoms with Crippen molar-refractivity contribution in [1.82, 2.24) is 24.8 Å². The van der Waals surface area contributed by atoms with Crippen molar-refractivity contribution in [2.75, 3.05) is 5.32 Å². The maximum Gasteiger partial charge on any atom is 0.278 e. The van der Waals surface area contributed by atoms with Gasteiger partial charge in [-0.2, -0.15) is 9.50 Å². The van der Waals surface area contributed by atoms with E-state index in [-0.39, 0.29) is 11.6 Å². The van der Waals surface area contributed by atoms with Crippen molar-refractivity contribution in [3.05, 3.63) is 47.5 Å². The number of fused-ring (bicyclic) bond motifs is 1. The molecule has 0 unspecified atom stereocenters. The van der Waals surface area contributed by atoms with Gasteiger partial charge < -0.3 is 5.32 Å². The average molecular weight is 268 g/mol. The van der Waals surface area contributed by atoms with Crippen LogP contribution in [-0.4, -0.2) is 30.7 Å². The Bertz CT molecular complexity index is 780. The number of anilines is 1. The molecule has 20 heavy (non-hydrogen) atoms. The zero-order chi connectivity index (χ0) is 14.1. The number of hydrogen-bond donors (Lipinski definition) is 1. The van der Waals surface area contributed by atoms with Gasteiger partial charge in [0, 0.05) is 5.69 Å². The highest BCUT2D eigenvalue weighted by atomic mass is 16.2. The summed E-state index contributed by atoms with van der Waals surface area (Å²) in [7, 11) is 0. The summed E-state index contributed by atoms with van der Waals surface area (Å²) in [6.45, 7) is 3.52. The first-order valence-electron chi connectivity index (χ1n) is 6.08. The van der Waals surface area contributed by atoms with Gasteiger partial charge in [0.05, 0.1) is 5.69 Å². The predicted octanol–water partition coefficient (Wildman–Crippen LogP) is 1.39. The molecular weight excluding hydrogens is 256 g/mol. The van der Waals surface area contributed by atoms with Gasteiger partial charge in [-0.1, -0.05) is 18.2 Å². The molecule has 2 aromatic heterocycles. The second-order valence-corrected chi connectivity index (χ2v) is 4.32. The molecule has 0 saturated carbocycles. The van der Waals surface area contributed by atoms with Crippen molar-refractivity contribution in [2.45, 2.75) is 13.8 Å². The van der Waals surface area contributed by atoms with Crippen LogP contribution in [0.5, 0.6) is 0 Å². The van der Waals surface area contributed by atoms with Crippen LogP contribution >= 0.6 is 0 Å². The summed E-state index contributed by atoms with van der Waals surface area (Å²) in [6, 6.07) is 9.18. The topological polar surface area (TPSA) is 85.1 Å². The van der Waals surface area contributed by atoms with Crippen LogP contribution in [0.4, 0.5) is 5.69 Å². The van der Waals surface area contributed by atoms with Gasteiger partial charge >= 0.3 is 0 Å². The zero-order valence-corrected chi connectivity index (χ0v) is 11.0. The minimum atomic E-state index is -0.323. The fourth-order valence-electron chi connectivity index (χ4n) is 1.88. The van der Waals surface area contributed by atoms with E-state index in [9.17, 15) is 4.79 Å². The molecule has 0 aliphatic carbocycles. The summed E-state index contributed by atoms with van der Waals surface area (Å²) in [5, 5.41) is 14.8. The number of aromatic nitrogens is 5. The Labute approximate surface area is 114 Å². The van der Waals surface area contributed by atoms with Gasteiger partial charge in [-0.15, -0.1) is 15.3 Å². The summed E-state index contributed by atoms with van der Waals surface area (Å²) in [6.07, 6.45) is 0. The minimum absolute atomic E-state index is 0.228. The van der Waals surface area contributed by atoms with Gasteiger partial charge in [-0.05, 0) is 26.0 Å². The summed E-state index contributed by atoms with van der Waals surface area (Å²) >= 11 is 0. The summed E-state index contributed by atoms with van der Waals surface area (Å²) in [4.78, 5) is 16.3. The largest absolute Gasteiger partial charge is 0.321 e. The standard InChI is InChI=1S/C13H12N6O/c1-8-11(12(20)15-10-6-4-3-5-7-10)16-17-13-14-9(2)18-19(8)13/h3-7H,1-2H3,(H,15,20). The minimum Gasteiger partial charge on any atom is -0.321 e. The van der Waals surface area contributed by atoms with Gasteiger partial charge in [0.25, 0.3) is 11.7 Å². The Morgan fingerprint density at radius 2 is 1.90 bits per heavy atom. The highest BCUT2D eigenvalue weighted by Gasteiger charge is 2.16. The molecule has 0 fully saturated rings. The van der Waals surface area contributed by atoms with E-state index in [1.54, 1.807) is 26.0 Å². The van der Waals surface area contributed by atoms with Crippen LogP contribution in [0.25, 0.3) is 5.78 Å². The summed E-state index contributed by atoms with van der Waals surface area (Å²) in [5.74, 6) is 0.649. The fraction of sp³-hybridized carbons (Fsp3) is 0.154. The molecule has 0 radical (unpaired) electrons. The molecule has 0 aliphatic heterocycles. The quantitative estimate of drug-likeness (QED) is 0.759. The van der Waals surface area contributed by atoms with Crippen molar-refractivity contribution >= 4 is 17.4 Å². The van der Waals surface area contributed by atoms with E-state index in [0.717, 1.165) is 0 Å². The lowest BCUT2D eigenvalue weighted by atomic mass is 10.3. The van der Waals surface area contributed by atoms with Gasteiger partial charge in [-0.25, -0.2) is 0 Å². The van der Waals surface area contributed by atoms with E-state index in [1.807, 2.05) is 18.2 Å². The van der Waals surface area contributed by atoms with Gasteiger partial charge in [0.1, 0.15) is 5.82 Å². The summed E-state index contributed by atoms with van der Waals surface area (Å²) < 4.78 is 1.52. The van der Waals surface area contributed by atoms with Crippen LogP contribution in [0.3, 0.4) is 0 Å². The number of benzene rings is 1. The molecule has 0 spiro atoms. The van der Waals surface area contributed by atoms with E-state index in [4.69, 9.17) is 0 Å². The lowest BCUT2D eigenvalue weighted by Gasteiger charge is -2.06. The van der Waals surface area contributed by atoms with Crippen molar-refractivity contribution in [2.24, 2.45) is 0 Å². The molecule has 0 atom stereocenters. The molecule has 3 aromatic rings. The molecule has 0 bridgehead atoms. The number of amides is 1. The maximum atomic E-state index is 12.2. The normalized spacial score (nSPS) is 10.7. The van der Waals surface area contributed by atoms with Crippen LogP contribution in [0.1, 0.15) is 22.0 Å². The van der Waals surface area contributed by atoms with Gasteiger partial charge in [0.15, 0.2) is 5.69 Å². The lowest BCUT2D eigenvalue weighted by molar-refractivity contribution is 0.102. The number of hydrogen-bond acceptors (Lipinski definition) is 5. The van der Waals surface area contributed by atoms with E-state index in [0.29, 0.717) is 23.0 Å². The molecule has 1 aromatic carbocycles. The molecule has 3 rings (SSSR count). The van der Waals surface area contributed by atoms with Crippen molar-refractivity contribution < 1.29 is 4.79 Å². The Morgan fingerprint density at radius 3 is 2.65 bits per heavy atom. The van der Waals surface area contributed by atoms with Crippen LogP contribution in [0, 0.1) is 13.8 Å². The molecular formula is C13H12N6O. The van der Waals surface area contributed by atoms with Crippen LogP contribution in [0.2, 0.25) is 0 Å². The number of nitrogens with zero attached hydrogens (tertiary/aromatic N) is 5. The second kappa shape index (κ2) is 4.69. The fourth-order valence-corrected chi connectivity index (χ4v) is 1.88. The molecule has 7 nitrogen and oxygen atoms in total. The Hall–Kier alpha value is -2.83. The predicted molar refractivity (Wildman–Crippen MR) is 72.4 cm³/mol. The number of rotatable bonds is 2. The zero-order valence-electron chi connectivity index (χ0n) is 11.0. The molecule has 0 aliphatic rings.